The van der Waals surface area contributed by atoms with Gasteiger partial charge in [0, 0.05) is 19.7 Å². The lowest BCUT2D eigenvalue weighted by Crippen LogP contribution is -2.95. The molecular formula is C10H21N2O+. The van der Waals surface area contributed by atoms with Crippen LogP contribution in [-0.2, 0) is 4.74 Å². The van der Waals surface area contributed by atoms with Crippen LogP contribution in [0.15, 0.2) is 0 Å². The Balaban J connectivity index is 1.75. The second-order valence-corrected chi connectivity index (χ2v) is 4.48. The van der Waals surface area contributed by atoms with Gasteiger partial charge in [0.1, 0.15) is 0 Å². The van der Waals surface area contributed by atoms with E-state index in [2.05, 4.69) is 17.1 Å². The van der Waals surface area contributed by atoms with Crippen LogP contribution in [0, 0.1) is 0 Å². The molecule has 1 saturated carbocycles. The highest BCUT2D eigenvalue weighted by Crippen LogP contribution is 2.27. The molecule has 1 saturated heterocycles. The fourth-order valence-electron chi connectivity index (χ4n) is 2.42. The van der Waals surface area contributed by atoms with Gasteiger partial charge in [-0.25, -0.2) is 0 Å². The summed E-state index contributed by atoms with van der Waals surface area (Å²) >= 11 is 0. The number of nitrogens with two attached hydrogens (primary N) is 1. The quantitative estimate of drug-likeness (QED) is 0.624. The van der Waals surface area contributed by atoms with E-state index in [4.69, 9.17) is 4.74 Å². The fourth-order valence-corrected chi connectivity index (χ4v) is 2.42. The number of nitrogens with zero attached hydrogens (tertiary/aromatic N) is 1. The predicted molar refractivity (Wildman–Crippen MR) is 51.6 cm³/mol. The van der Waals surface area contributed by atoms with Crippen molar-refractivity contribution in [2.75, 3.05) is 26.7 Å². The van der Waals surface area contributed by atoms with Crippen molar-refractivity contribution in [3.05, 3.63) is 0 Å². The average Bonchev–Trinajstić information content (AvgIpc) is 2.02. The fraction of sp³-hybridized carbons (Fsp3) is 1.00. The molecule has 2 rings (SSSR count). The van der Waals surface area contributed by atoms with Crippen molar-refractivity contribution in [2.45, 2.75) is 38.0 Å². The third kappa shape index (κ3) is 2.03. The van der Waals surface area contributed by atoms with Crippen molar-refractivity contribution < 1.29 is 10.1 Å². The second-order valence-electron chi connectivity index (χ2n) is 4.48. The van der Waals surface area contributed by atoms with Gasteiger partial charge in [-0.2, -0.15) is 0 Å². The summed E-state index contributed by atoms with van der Waals surface area (Å²) in [5.41, 5.74) is 0. The molecule has 2 fully saturated rings. The van der Waals surface area contributed by atoms with Gasteiger partial charge in [-0.3, -0.25) is 4.90 Å². The summed E-state index contributed by atoms with van der Waals surface area (Å²) in [4.78, 5) is 2.64. The first-order valence-corrected chi connectivity index (χ1v) is 5.39. The first-order chi connectivity index (χ1) is 6.29. The van der Waals surface area contributed by atoms with E-state index in [1.807, 2.05) is 7.11 Å². The van der Waals surface area contributed by atoms with Gasteiger partial charge in [-0.05, 0) is 19.8 Å². The number of hydrogen-bond acceptors (Lipinski definition) is 2. The summed E-state index contributed by atoms with van der Waals surface area (Å²) in [7, 11) is 1.83. The maximum Gasteiger partial charge on any atom is 0.0959 e. The van der Waals surface area contributed by atoms with Gasteiger partial charge in [0.2, 0.25) is 0 Å². The third-order valence-electron chi connectivity index (χ3n) is 3.43. The minimum Gasteiger partial charge on any atom is -0.381 e. The van der Waals surface area contributed by atoms with E-state index in [1.54, 1.807) is 0 Å². The van der Waals surface area contributed by atoms with E-state index in [-0.39, 0.29) is 0 Å². The number of piperazine rings is 1. The van der Waals surface area contributed by atoms with Crippen molar-refractivity contribution in [2.24, 2.45) is 0 Å². The van der Waals surface area contributed by atoms with E-state index in [9.17, 15) is 0 Å². The lowest BCUT2D eigenvalue weighted by atomic mass is 9.87. The highest BCUT2D eigenvalue weighted by atomic mass is 16.5. The zero-order valence-electron chi connectivity index (χ0n) is 8.70. The molecule has 0 aromatic carbocycles. The third-order valence-corrected chi connectivity index (χ3v) is 3.43. The molecule has 3 nitrogen and oxygen atoms in total. The Bertz CT molecular complexity index is 168. The topological polar surface area (TPSA) is 29.1 Å². The van der Waals surface area contributed by atoms with Crippen molar-refractivity contribution in [1.82, 2.24) is 4.90 Å². The van der Waals surface area contributed by atoms with Crippen LogP contribution in [0.3, 0.4) is 0 Å². The minimum atomic E-state index is 0.547. The number of rotatable bonds is 2. The molecule has 0 spiro atoms. The van der Waals surface area contributed by atoms with Crippen molar-refractivity contribution >= 4 is 0 Å². The Hall–Kier alpha value is -0.120. The molecule has 0 unspecified atom stereocenters. The van der Waals surface area contributed by atoms with Crippen LogP contribution in [-0.4, -0.2) is 49.8 Å². The standard InChI is InChI=1S/C10H20N2O/c1-8-7-12(4-3-11-8)9-5-10(6-9)13-2/h8-11H,3-7H2,1-2H3/p+1/t8-,9?,10?/m1/s1. The molecule has 76 valence electrons. The highest BCUT2D eigenvalue weighted by molar-refractivity contribution is 4.88. The average molecular weight is 185 g/mol. The molecule has 1 heterocycles. The zero-order valence-corrected chi connectivity index (χ0v) is 8.70. The van der Waals surface area contributed by atoms with Crippen molar-refractivity contribution in [3.63, 3.8) is 0 Å². The molecule has 2 aliphatic rings. The molecule has 0 bridgehead atoms. The van der Waals surface area contributed by atoms with Gasteiger partial charge in [-0.1, -0.05) is 0 Å². The normalized spacial score (nSPS) is 41.5. The summed E-state index contributed by atoms with van der Waals surface area (Å²) in [6.45, 7) is 6.13. The number of ether oxygens (including phenoxy) is 1. The molecule has 1 aliphatic carbocycles. The summed E-state index contributed by atoms with van der Waals surface area (Å²) < 4.78 is 5.30. The molecule has 0 aromatic heterocycles. The molecular weight excluding hydrogens is 164 g/mol. The number of methoxy groups -OCH3 is 1. The Morgan fingerprint density at radius 3 is 2.77 bits per heavy atom. The van der Waals surface area contributed by atoms with Gasteiger partial charge in [0.15, 0.2) is 0 Å². The maximum atomic E-state index is 5.30. The van der Waals surface area contributed by atoms with Crippen molar-refractivity contribution in [1.29, 1.82) is 0 Å². The molecule has 1 atom stereocenters. The van der Waals surface area contributed by atoms with Crippen LogP contribution in [0.5, 0.6) is 0 Å². The van der Waals surface area contributed by atoms with Crippen LogP contribution in [0.25, 0.3) is 0 Å². The van der Waals surface area contributed by atoms with Crippen LogP contribution >= 0.6 is 0 Å². The Morgan fingerprint density at radius 1 is 1.38 bits per heavy atom. The Labute approximate surface area is 80.4 Å². The SMILES string of the molecule is COC1CC(N2CC[NH2+][C@H](C)C2)C1. The van der Waals surface area contributed by atoms with Gasteiger partial charge >= 0.3 is 0 Å². The lowest BCUT2D eigenvalue weighted by molar-refractivity contribution is -0.695. The first-order valence-electron chi connectivity index (χ1n) is 5.39. The summed E-state index contributed by atoms with van der Waals surface area (Å²) in [5, 5.41) is 2.45. The predicted octanol–water partition coefficient (Wildman–Crippen LogP) is -0.569. The molecule has 0 aromatic rings. The van der Waals surface area contributed by atoms with Crippen LogP contribution < -0.4 is 5.32 Å². The van der Waals surface area contributed by atoms with E-state index in [1.165, 1.54) is 32.5 Å². The Kier molecular flexibility index (Phi) is 2.86. The molecule has 3 heteroatoms. The Morgan fingerprint density at radius 2 is 2.15 bits per heavy atom. The summed E-state index contributed by atoms with van der Waals surface area (Å²) in [6, 6.07) is 1.61. The molecule has 13 heavy (non-hydrogen) atoms. The van der Waals surface area contributed by atoms with Gasteiger partial charge < -0.3 is 10.1 Å². The second kappa shape index (κ2) is 3.95. The highest BCUT2D eigenvalue weighted by Gasteiger charge is 2.35. The summed E-state index contributed by atoms with van der Waals surface area (Å²) in [6.07, 6.45) is 3.05. The molecule has 1 aliphatic heterocycles. The minimum absolute atomic E-state index is 0.547. The van der Waals surface area contributed by atoms with Gasteiger partial charge in [-0.15, -0.1) is 0 Å². The molecule has 0 amide bonds. The van der Waals surface area contributed by atoms with Crippen LogP contribution in [0.2, 0.25) is 0 Å². The number of hydrogen-bond donors (Lipinski definition) is 1. The van der Waals surface area contributed by atoms with Gasteiger partial charge in [0.25, 0.3) is 0 Å². The number of quaternary nitrogens is 1. The van der Waals surface area contributed by atoms with E-state index in [0.717, 1.165) is 12.1 Å². The maximum absolute atomic E-state index is 5.30. The summed E-state index contributed by atoms with van der Waals surface area (Å²) in [5.74, 6) is 0. The lowest BCUT2D eigenvalue weighted by Gasteiger charge is -2.44. The van der Waals surface area contributed by atoms with Crippen LogP contribution in [0.4, 0.5) is 0 Å². The van der Waals surface area contributed by atoms with E-state index < -0.39 is 0 Å². The smallest absolute Gasteiger partial charge is 0.0959 e. The zero-order chi connectivity index (χ0) is 9.26. The monoisotopic (exact) mass is 185 g/mol. The largest absolute Gasteiger partial charge is 0.381 e. The van der Waals surface area contributed by atoms with Gasteiger partial charge in [0.05, 0.1) is 25.2 Å². The van der Waals surface area contributed by atoms with Crippen LogP contribution in [0.1, 0.15) is 19.8 Å². The first kappa shape index (κ1) is 9.44. The molecule has 2 N–H and O–H groups in total. The van der Waals surface area contributed by atoms with E-state index in [0.29, 0.717) is 6.10 Å². The molecule has 0 radical (unpaired) electrons. The van der Waals surface area contributed by atoms with E-state index >= 15 is 0 Å². The van der Waals surface area contributed by atoms with Crippen molar-refractivity contribution in [3.8, 4) is 0 Å².